The highest BCUT2D eigenvalue weighted by Crippen LogP contribution is 2.33. The lowest BCUT2D eigenvalue weighted by molar-refractivity contribution is 0.0218. The lowest BCUT2D eigenvalue weighted by Gasteiger charge is -2.27. The molecular weight excluding hydrogens is 492 g/mol. The van der Waals surface area contributed by atoms with Gasteiger partial charge in [-0.15, -0.1) is 10.2 Å². The second kappa shape index (κ2) is 10.3. The second-order valence-corrected chi connectivity index (χ2v) is 11.3. The Morgan fingerprint density at radius 2 is 1.64 bits per heavy atom. The van der Waals surface area contributed by atoms with Gasteiger partial charge in [0.2, 0.25) is 11.8 Å². The van der Waals surface area contributed by atoms with E-state index in [1.165, 1.54) is 0 Å². The van der Waals surface area contributed by atoms with E-state index in [4.69, 9.17) is 9.15 Å². The largest absolute Gasteiger partial charge is 0.444 e. The van der Waals surface area contributed by atoms with Crippen molar-refractivity contribution in [3.63, 3.8) is 0 Å². The first-order valence-corrected chi connectivity index (χ1v) is 13.7. The predicted octanol–water partition coefficient (Wildman–Crippen LogP) is 6.29. The van der Waals surface area contributed by atoms with E-state index in [9.17, 15) is 4.79 Å². The molecule has 2 atom stereocenters. The summed E-state index contributed by atoms with van der Waals surface area (Å²) in [6.07, 6.45) is 5.50. The quantitative estimate of drug-likeness (QED) is 0.314. The molecule has 9 heteroatoms. The molecule has 0 radical (unpaired) electrons. The molecule has 2 saturated heterocycles. The number of amides is 1. The molecule has 4 aromatic rings. The van der Waals surface area contributed by atoms with E-state index in [0.717, 1.165) is 66.0 Å². The number of hydrogen-bond acceptors (Lipinski definition) is 7. The van der Waals surface area contributed by atoms with E-state index >= 15 is 0 Å². The van der Waals surface area contributed by atoms with Gasteiger partial charge in [-0.25, -0.2) is 9.78 Å². The summed E-state index contributed by atoms with van der Waals surface area (Å²) < 4.78 is 11.5. The zero-order valence-corrected chi connectivity index (χ0v) is 22.6. The number of likely N-dealkylation sites (tertiary alicyclic amines) is 1. The number of ether oxygens (including phenoxy) is 1. The molecule has 4 heterocycles. The molecule has 39 heavy (non-hydrogen) atoms. The highest BCUT2D eigenvalue weighted by atomic mass is 16.6. The predicted molar refractivity (Wildman–Crippen MR) is 148 cm³/mol. The van der Waals surface area contributed by atoms with Gasteiger partial charge in [0.1, 0.15) is 11.4 Å². The number of nitrogens with one attached hydrogen (secondary N) is 2. The fraction of sp³-hybridized carbons (Fsp3) is 0.400. The number of hydrogen-bond donors (Lipinski definition) is 2. The summed E-state index contributed by atoms with van der Waals surface area (Å²) in [6.45, 7) is 7.32. The van der Waals surface area contributed by atoms with Crippen molar-refractivity contribution in [1.82, 2.24) is 30.4 Å². The van der Waals surface area contributed by atoms with Crippen LogP contribution in [0.25, 0.3) is 33.8 Å². The van der Waals surface area contributed by atoms with Crippen molar-refractivity contribution >= 4 is 6.09 Å². The van der Waals surface area contributed by atoms with Crippen molar-refractivity contribution in [2.24, 2.45) is 0 Å². The van der Waals surface area contributed by atoms with Crippen molar-refractivity contribution in [1.29, 1.82) is 0 Å². The smallest absolute Gasteiger partial charge is 0.410 e. The average molecular weight is 527 g/mol. The van der Waals surface area contributed by atoms with Crippen molar-refractivity contribution in [2.45, 2.75) is 64.1 Å². The van der Waals surface area contributed by atoms with Crippen LogP contribution in [0.4, 0.5) is 4.79 Å². The molecule has 6 rings (SSSR count). The van der Waals surface area contributed by atoms with Crippen LogP contribution >= 0.6 is 0 Å². The maximum Gasteiger partial charge on any atom is 0.410 e. The maximum atomic E-state index is 12.7. The standard InChI is InChI=1S/C30H34N6O3/c1-30(2,3)39-29(37)36-17-5-7-25(36)26-32-18-24(33-26)21-12-8-19(9-13-21)20-10-14-22(15-11-20)27-34-35-28(38-27)23-6-4-16-31-23/h8-15,18,23,25,31H,4-7,16-17H2,1-3H3,(H,32,33)/t23-,25-/m0/s1. The summed E-state index contributed by atoms with van der Waals surface area (Å²) in [5, 5.41) is 11.9. The number of aromatic nitrogens is 4. The Balaban J connectivity index is 1.13. The van der Waals surface area contributed by atoms with Crippen LogP contribution in [0.5, 0.6) is 0 Å². The van der Waals surface area contributed by atoms with Gasteiger partial charge >= 0.3 is 6.09 Å². The first-order chi connectivity index (χ1) is 18.8. The van der Waals surface area contributed by atoms with Gasteiger partial charge in [-0.3, -0.25) is 4.90 Å². The van der Waals surface area contributed by atoms with Crippen molar-refractivity contribution in [3.8, 4) is 33.8 Å². The van der Waals surface area contributed by atoms with Gasteiger partial charge in [0.05, 0.1) is 24.0 Å². The number of rotatable bonds is 5. The van der Waals surface area contributed by atoms with E-state index in [-0.39, 0.29) is 18.2 Å². The number of carbonyl (C=O) groups is 1. The van der Waals surface area contributed by atoms with Crippen LogP contribution < -0.4 is 5.32 Å². The second-order valence-electron chi connectivity index (χ2n) is 11.3. The summed E-state index contributed by atoms with van der Waals surface area (Å²) in [6, 6.07) is 16.6. The Kier molecular flexibility index (Phi) is 6.68. The molecule has 2 aliphatic rings. The number of H-pyrrole nitrogens is 1. The Bertz CT molecular complexity index is 1430. The fourth-order valence-corrected chi connectivity index (χ4v) is 5.28. The van der Waals surface area contributed by atoms with Crippen LogP contribution in [0.1, 0.15) is 70.3 Å². The zero-order valence-electron chi connectivity index (χ0n) is 22.6. The van der Waals surface area contributed by atoms with Gasteiger partial charge in [-0.2, -0.15) is 0 Å². The molecule has 2 N–H and O–H groups in total. The summed E-state index contributed by atoms with van der Waals surface area (Å²) in [4.78, 5) is 22.5. The molecule has 9 nitrogen and oxygen atoms in total. The number of imidazole rings is 1. The number of aromatic amines is 1. The topological polar surface area (TPSA) is 109 Å². The van der Waals surface area contributed by atoms with E-state index in [1.807, 2.05) is 39.1 Å². The summed E-state index contributed by atoms with van der Waals surface area (Å²) in [5.74, 6) is 2.00. The van der Waals surface area contributed by atoms with Gasteiger partial charge in [0.25, 0.3) is 0 Å². The van der Waals surface area contributed by atoms with Crippen molar-refractivity contribution < 1.29 is 13.9 Å². The third kappa shape index (κ3) is 5.45. The maximum absolute atomic E-state index is 12.7. The van der Waals surface area contributed by atoms with E-state index in [2.05, 4.69) is 61.9 Å². The Morgan fingerprint density at radius 1 is 0.949 bits per heavy atom. The summed E-state index contributed by atoms with van der Waals surface area (Å²) >= 11 is 0. The van der Waals surface area contributed by atoms with Crippen LogP contribution in [0.2, 0.25) is 0 Å². The SMILES string of the molecule is CC(C)(C)OC(=O)N1CCC[C@H]1c1ncc(-c2ccc(-c3ccc(-c4nnc([C@@H]5CCCN5)o4)cc3)cc2)[nH]1. The molecule has 2 aliphatic heterocycles. The minimum absolute atomic E-state index is 0.101. The zero-order chi connectivity index (χ0) is 27.0. The van der Waals surface area contributed by atoms with Gasteiger partial charge < -0.3 is 19.5 Å². The van der Waals surface area contributed by atoms with Crippen LogP contribution in [-0.4, -0.2) is 49.8 Å². The monoisotopic (exact) mass is 526 g/mol. The normalized spacial score (nSPS) is 19.5. The molecule has 0 aliphatic carbocycles. The van der Waals surface area contributed by atoms with Crippen molar-refractivity contribution in [2.75, 3.05) is 13.1 Å². The van der Waals surface area contributed by atoms with Crippen LogP contribution in [0.3, 0.4) is 0 Å². The molecule has 1 amide bonds. The first kappa shape index (κ1) is 25.3. The van der Waals surface area contributed by atoms with E-state index in [0.29, 0.717) is 18.3 Å². The Hall–Kier alpha value is -3.98. The molecule has 0 spiro atoms. The third-order valence-corrected chi connectivity index (χ3v) is 7.25. The van der Waals surface area contributed by atoms with Crippen LogP contribution in [-0.2, 0) is 4.74 Å². The molecule has 0 saturated carbocycles. The fourth-order valence-electron chi connectivity index (χ4n) is 5.28. The number of benzene rings is 2. The average Bonchev–Trinajstić information content (AvgIpc) is 3.74. The van der Waals surface area contributed by atoms with Crippen molar-refractivity contribution in [3.05, 3.63) is 66.4 Å². The molecular formula is C30H34N6O3. The molecule has 202 valence electrons. The molecule has 0 unspecified atom stereocenters. The van der Waals surface area contributed by atoms with Crippen LogP contribution in [0.15, 0.2) is 59.1 Å². The Labute approximate surface area is 228 Å². The first-order valence-electron chi connectivity index (χ1n) is 13.7. The van der Waals surface area contributed by atoms with Gasteiger partial charge in [-0.1, -0.05) is 36.4 Å². The minimum Gasteiger partial charge on any atom is -0.444 e. The molecule has 0 bridgehead atoms. The summed E-state index contributed by atoms with van der Waals surface area (Å²) in [5.41, 5.74) is 4.56. The highest BCUT2D eigenvalue weighted by molar-refractivity contribution is 5.71. The third-order valence-electron chi connectivity index (χ3n) is 7.25. The molecule has 2 aromatic carbocycles. The van der Waals surface area contributed by atoms with Gasteiger partial charge in [0, 0.05) is 12.1 Å². The summed E-state index contributed by atoms with van der Waals surface area (Å²) in [7, 11) is 0. The van der Waals surface area contributed by atoms with Gasteiger partial charge in [-0.05, 0) is 81.8 Å². The van der Waals surface area contributed by atoms with Gasteiger partial charge in [0.15, 0.2) is 0 Å². The Morgan fingerprint density at radius 3 is 2.31 bits per heavy atom. The van der Waals surface area contributed by atoms with Crippen LogP contribution in [0, 0.1) is 0 Å². The molecule has 2 fully saturated rings. The molecule has 2 aromatic heterocycles. The highest BCUT2D eigenvalue weighted by Gasteiger charge is 2.34. The van der Waals surface area contributed by atoms with E-state index in [1.54, 1.807) is 4.90 Å². The lowest BCUT2D eigenvalue weighted by atomic mass is 10.0. The van der Waals surface area contributed by atoms with E-state index < -0.39 is 5.60 Å². The lowest BCUT2D eigenvalue weighted by Crippen LogP contribution is -2.36. The number of nitrogens with zero attached hydrogens (tertiary/aromatic N) is 4. The number of carbonyl (C=O) groups excluding carboxylic acids is 1. The minimum atomic E-state index is -0.524.